The molecule has 0 heterocycles. The molecule has 0 radical (unpaired) electrons. The molecule has 1 aromatic rings. The number of halogens is 3. The van der Waals surface area contributed by atoms with Crippen molar-refractivity contribution in [3.63, 3.8) is 0 Å². The number of rotatable bonds is 6. The van der Waals surface area contributed by atoms with E-state index < -0.39 is 3.79 Å². The molecule has 0 saturated carbocycles. The van der Waals surface area contributed by atoms with Crippen LogP contribution in [0.2, 0.25) is 0 Å². The van der Waals surface area contributed by atoms with Gasteiger partial charge < -0.3 is 16.8 Å². The summed E-state index contributed by atoms with van der Waals surface area (Å²) in [4.78, 5) is 0. The first-order valence-corrected chi connectivity index (χ1v) is 7.50. The van der Waals surface area contributed by atoms with Crippen LogP contribution in [0.25, 0.3) is 0 Å². The van der Waals surface area contributed by atoms with E-state index in [9.17, 15) is 0 Å². The molecule has 0 aliphatic rings. The highest BCUT2D eigenvalue weighted by Crippen LogP contribution is 2.39. The number of nitrogens with one attached hydrogen (secondary N) is 1. The Bertz CT molecular complexity index is 490. The molecule has 1 unspecified atom stereocenters. The monoisotopic (exact) mass is 349 g/mol. The van der Waals surface area contributed by atoms with Crippen molar-refractivity contribution in [1.29, 1.82) is 0 Å². The maximum absolute atomic E-state index is 6.02. The minimum Gasteiger partial charge on any atom is -0.369 e. The summed E-state index contributed by atoms with van der Waals surface area (Å²) >= 11 is 18.1. The number of alkyl halides is 3. The summed E-state index contributed by atoms with van der Waals surface area (Å²) < 4.78 is -1.43. The average molecular weight is 351 g/mol. The van der Waals surface area contributed by atoms with Gasteiger partial charge in [0.1, 0.15) is 0 Å². The van der Waals surface area contributed by atoms with Gasteiger partial charge in [-0.2, -0.15) is 5.10 Å². The van der Waals surface area contributed by atoms with E-state index in [0.29, 0.717) is 0 Å². The highest BCUT2D eigenvalue weighted by molar-refractivity contribution is 6.68. The van der Waals surface area contributed by atoms with Crippen LogP contribution in [0, 0.1) is 0 Å². The molecule has 0 amide bonds. The largest absolute Gasteiger partial charge is 0.369 e. The van der Waals surface area contributed by atoms with E-state index >= 15 is 0 Å². The molecule has 0 saturated heterocycles. The predicted molar refractivity (Wildman–Crippen MR) is 91.2 cm³/mol. The number of hydrogen-bond acceptors (Lipinski definition) is 3. The molecule has 0 aliphatic carbocycles. The normalized spacial score (nSPS) is 13.3. The number of benzene rings is 1. The lowest BCUT2D eigenvalue weighted by Crippen LogP contribution is -2.32. The van der Waals surface area contributed by atoms with Crippen molar-refractivity contribution < 1.29 is 0 Å². The Morgan fingerprint density at radius 3 is 2.38 bits per heavy atom. The van der Waals surface area contributed by atoms with Crippen molar-refractivity contribution in [2.24, 2.45) is 21.7 Å². The SMILES string of the molecule is CCCNC(c1ccc(C=NN=C(N)N)cc1)C(Cl)(Cl)Cl. The fourth-order valence-corrected chi connectivity index (χ4v) is 2.26. The van der Waals surface area contributed by atoms with Crippen molar-refractivity contribution in [1.82, 2.24) is 5.32 Å². The zero-order chi connectivity index (χ0) is 15.9. The van der Waals surface area contributed by atoms with Crippen LogP contribution in [-0.4, -0.2) is 22.5 Å². The van der Waals surface area contributed by atoms with E-state index in [1.807, 2.05) is 31.2 Å². The van der Waals surface area contributed by atoms with Crippen LogP contribution in [0.4, 0.5) is 0 Å². The Kier molecular flexibility index (Phi) is 7.25. The van der Waals surface area contributed by atoms with Gasteiger partial charge in [-0.05, 0) is 24.1 Å². The molecule has 1 aromatic carbocycles. The number of guanidine groups is 1. The molecule has 0 bridgehead atoms. The van der Waals surface area contributed by atoms with Crippen LogP contribution in [0.3, 0.4) is 0 Å². The molecule has 0 fully saturated rings. The highest BCUT2D eigenvalue weighted by Gasteiger charge is 2.33. The minimum atomic E-state index is -1.43. The Morgan fingerprint density at radius 1 is 1.29 bits per heavy atom. The summed E-state index contributed by atoms with van der Waals surface area (Å²) in [6, 6.07) is 7.04. The number of hydrogen-bond donors (Lipinski definition) is 3. The predicted octanol–water partition coefficient (Wildman–Crippen LogP) is 2.70. The summed E-state index contributed by atoms with van der Waals surface area (Å²) in [5, 5.41) is 10.5. The Labute approximate surface area is 139 Å². The van der Waals surface area contributed by atoms with Crippen molar-refractivity contribution >= 4 is 47.0 Å². The Balaban J connectivity index is 2.87. The van der Waals surface area contributed by atoms with Crippen LogP contribution in [0.5, 0.6) is 0 Å². The lowest BCUT2D eigenvalue weighted by atomic mass is 10.1. The lowest BCUT2D eigenvalue weighted by Gasteiger charge is -2.26. The van der Waals surface area contributed by atoms with E-state index in [-0.39, 0.29) is 12.0 Å². The van der Waals surface area contributed by atoms with E-state index in [4.69, 9.17) is 46.3 Å². The van der Waals surface area contributed by atoms with Crippen LogP contribution < -0.4 is 16.8 Å². The molecular weight excluding hydrogens is 333 g/mol. The summed E-state index contributed by atoms with van der Waals surface area (Å²) in [6.45, 7) is 2.80. The molecule has 8 heteroatoms. The topological polar surface area (TPSA) is 88.8 Å². The fourth-order valence-electron chi connectivity index (χ4n) is 1.65. The van der Waals surface area contributed by atoms with E-state index in [2.05, 4.69) is 15.5 Å². The molecule has 1 atom stereocenters. The minimum absolute atomic E-state index is 0.0945. The molecule has 1 rings (SSSR count). The third-order valence-corrected chi connectivity index (χ3v) is 3.23. The highest BCUT2D eigenvalue weighted by atomic mass is 35.6. The van der Waals surface area contributed by atoms with E-state index in [1.54, 1.807) is 0 Å². The summed E-state index contributed by atoms with van der Waals surface area (Å²) in [5.41, 5.74) is 12.1. The first kappa shape index (κ1) is 18.0. The van der Waals surface area contributed by atoms with Crippen LogP contribution >= 0.6 is 34.8 Å². The maximum Gasteiger partial charge on any atom is 0.211 e. The number of nitrogens with zero attached hydrogens (tertiary/aromatic N) is 2. The van der Waals surface area contributed by atoms with E-state index in [0.717, 1.165) is 24.1 Å². The molecular formula is C13H18Cl3N5. The average Bonchev–Trinajstić information content (AvgIpc) is 2.39. The Hall–Kier alpha value is -1.01. The van der Waals surface area contributed by atoms with Crippen LogP contribution in [0.1, 0.15) is 30.5 Å². The second-order valence-electron chi connectivity index (χ2n) is 4.36. The van der Waals surface area contributed by atoms with Gasteiger partial charge in [0.15, 0.2) is 0 Å². The van der Waals surface area contributed by atoms with Crippen molar-refractivity contribution in [3.8, 4) is 0 Å². The third-order valence-electron chi connectivity index (χ3n) is 2.58. The smallest absolute Gasteiger partial charge is 0.211 e. The van der Waals surface area contributed by atoms with Gasteiger partial charge in [0.25, 0.3) is 0 Å². The van der Waals surface area contributed by atoms with Crippen LogP contribution in [0.15, 0.2) is 34.5 Å². The summed E-state index contributed by atoms with van der Waals surface area (Å²) in [7, 11) is 0. The molecule has 116 valence electrons. The van der Waals surface area contributed by atoms with Gasteiger partial charge in [-0.1, -0.05) is 66.0 Å². The molecule has 0 aliphatic heterocycles. The first-order valence-electron chi connectivity index (χ1n) is 6.36. The zero-order valence-corrected chi connectivity index (χ0v) is 13.8. The standard InChI is InChI=1S/C13H18Cl3N5/c1-2-7-19-11(13(14,15)16)10-5-3-9(4-6-10)8-20-21-12(17)18/h3-6,8,11,19H,2,7H2,1H3,(H4,17,18,21). The fraction of sp³-hybridized carbons (Fsp3) is 0.385. The summed E-state index contributed by atoms with van der Waals surface area (Å²) in [6.07, 6.45) is 2.48. The lowest BCUT2D eigenvalue weighted by molar-refractivity contribution is 0.539. The second kappa shape index (κ2) is 8.44. The van der Waals surface area contributed by atoms with Gasteiger partial charge in [0, 0.05) is 0 Å². The maximum atomic E-state index is 6.02. The van der Waals surface area contributed by atoms with Gasteiger partial charge >= 0.3 is 0 Å². The second-order valence-corrected chi connectivity index (χ2v) is 6.73. The number of nitrogens with two attached hydrogens (primary N) is 2. The molecule has 21 heavy (non-hydrogen) atoms. The van der Waals surface area contributed by atoms with Crippen molar-refractivity contribution in [2.75, 3.05) is 6.54 Å². The van der Waals surface area contributed by atoms with Crippen molar-refractivity contribution in [2.45, 2.75) is 23.2 Å². The van der Waals surface area contributed by atoms with Gasteiger partial charge in [-0.25, -0.2) is 0 Å². The van der Waals surface area contributed by atoms with Gasteiger partial charge in [0.2, 0.25) is 9.75 Å². The first-order chi connectivity index (χ1) is 9.84. The van der Waals surface area contributed by atoms with E-state index in [1.165, 1.54) is 6.21 Å². The zero-order valence-electron chi connectivity index (χ0n) is 11.6. The molecule has 0 aromatic heterocycles. The van der Waals surface area contributed by atoms with Gasteiger partial charge in [-0.15, -0.1) is 5.10 Å². The van der Waals surface area contributed by atoms with Gasteiger partial charge in [-0.3, -0.25) is 0 Å². The molecule has 5 nitrogen and oxygen atoms in total. The Morgan fingerprint density at radius 2 is 1.90 bits per heavy atom. The molecule has 5 N–H and O–H groups in total. The van der Waals surface area contributed by atoms with Gasteiger partial charge in [0.05, 0.1) is 12.3 Å². The third kappa shape index (κ3) is 6.52. The molecule has 0 spiro atoms. The quantitative estimate of drug-likeness (QED) is 0.319. The summed E-state index contributed by atoms with van der Waals surface area (Å²) in [5.74, 6) is -0.0945. The van der Waals surface area contributed by atoms with Crippen molar-refractivity contribution in [3.05, 3.63) is 35.4 Å². The van der Waals surface area contributed by atoms with Crippen LogP contribution in [-0.2, 0) is 0 Å².